The molecule has 0 aliphatic carbocycles. The monoisotopic (exact) mass is 348 g/mol. The van der Waals surface area contributed by atoms with Crippen molar-refractivity contribution in [2.45, 2.75) is 31.7 Å². The first-order valence-corrected chi connectivity index (χ1v) is 10.4. The van der Waals surface area contributed by atoms with Crippen molar-refractivity contribution in [3.05, 3.63) is 29.8 Å². The second kappa shape index (κ2) is 8.77. The van der Waals surface area contributed by atoms with E-state index in [0.29, 0.717) is 12.6 Å². The predicted molar refractivity (Wildman–Crippen MR) is 99.7 cm³/mol. The summed E-state index contributed by atoms with van der Waals surface area (Å²) in [7, 11) is 0. The van der Waals surface area contributed by atoms with Gasteiger partial charge >= 0.3 is 0 Å². The molecule has 24 heavy (non-hydrogen) atoms. The zero-order valence-electron chi connectivity index (χ0n) is 14.5. The van der Waals surface area contributed by atoms with Gasteiger partial charge < -0.3 is 15.0 Å². The van der Waals surface area contributed by atoms with E-state index >= 15 is 0 Å². The Morgan fingerprint density at radius 3 is 2.88 bits per heavy atom. The Balaban J connectivity index is 1.49. The molecular weight excluding hydrogens is 320 g/mol. The van der Waals surface area contributed by atoms with Crippen LogP contribution in [-0.4, -0.2) is 55.1 Å². The topological polar surface area (TPSA) is 41.6 Å². The van der Waals surface area contributed by atoms with E-state index < -0.39 is 0 Å². The van der Waals surface area contributed by atoms with Gasteiger partial charge in [-0.05, 0) is 43.6 Å². The summed E-state index contributed by atoms with van der Waals surface area (Å²) in [5, 5.41) is 3.30. The van der Waals surface area contributed by atoms with Crippen LogP contribution in [0.4, 0.5) is 0 Å². The van der Waals surface area contributed by atoms with E-state index in [1.807, 2.05) is 30.0 Å². The minimum atomic E-state index is 0.0307. The number of thioether (sulfide) groups is 1. The number of piperidine rings is 1. The number of carbonyl (C=O) groups is 1. The third-order valence-corrected chi connectivity index (χ3v) is 5.67. The molecule has 132 valence electrons. The molecule has 2 heterocycles. The van der Waals surface area contributed by atoms with E-state index in [-0.39, 0.29) is 11.8 Å². The second-order valence-corrected chi connectivity index (χ2v) is 7.75. The lowest BCUT2D eigenvalue weighted by Crippen LogP contribution is -2.47. The highest BCUT2D eigenvalue weighted by Gasteiger charge is 2.27. The zero-order valence-corrected chi connectivity index (χ0v) is 15.3. The van der Waals surface area contributed by atoms with Gasteiger partial charge in [0.2, 0.25) is 5.91 Å². The first kappa shape index (κ1) is 17.6. The molecule has 3 rings (SSSR count). The number of nitrogens with zero attached hydrogens (tertiary/aromatic N) is 1. The third kappa shape index (κ3) is 4.67. The average Bonchev–Trinajstić information content (AvgIpc) is 2.83. The van der Waals surface area contributed by atoms with E-state index in [2.05, 4.69) is 22.5 Å². The Kier molecular flexibility index (Phi) is 6.44. The number of benzene rings is 1. The minimum Gasteiger partial charge on any atom is -0.493 e. The van der Waals surface area contributed by atoms with Gasteiger partial charge in [0, 0.05) is 37.3 Å². The normalized spacial score (nSPS) is 22.3. The van der Waals surface area contributed by atoms with Crippen LogP contribution in [0.3, 0.4) is 0 Å². The van der Waals surface area contributed by atoms with Crippen molar-refractivity contribution in [3.63, 3.8) is 0 Å². The summed E-state index contributed by atoms with van der Waals surface area (Å²) in [4.78, 5) is 15.2. The van der Waals surface area contributed by atoms with E-state index in [1.165, 1.54) is 12.3 Å². The van der Waals surface area contributed by atoms with Crippen molar-refractivity contribution < 1.29 is 9.53 Å². The average molecular weight is 349 g/mol. The maximum absolute atomic E-state index is 12.7. The number of hydrogen-bond donors (Lipinski definition) is 1. The lowest BCUT2D eigenvalue weighted by Gasteiger charge is -2.32. The summed E-state index contributed by atoms with van der Waals surface area (Å²) in [5.41, 5.74) is 1.15. The van der Waals surface area contributed by atoms with E-state index in [4.69, 9.17) is 4.74 Å². The van der Waals surface area contributed by atoms with Gasteiger partial charge in [0.05, 0.1) is 6.61 Å². The van der Waals surface area contributed by atoms with Crippen molar-refractivity contribution in [3.8, 4) is 5.75 Å². The number of nitrogens with one attached hydrogen (secondary N) is 1. The standard InChI is InChI=1S/C19H28N2O2S/c1-24-13-11-21-9-6-17(7-10-21)20-19(22)16-8-12-23-18-5-3-2-4-15(18)14-16/h2-5,16-17H,6-14H2,1H3,(H,20,22)/t16-/m0/s1. The number of fused-ring (bicyclic) bond motifs is 1. The predicted octanol–water partition coefficient (Wildman–Crippen LogP) is 2.57. The lowest BCUT2D eigenvalue weighted by atomic mass is 9.95. The number of rotatable bonds is 5. The van der Waals surface area contributed by atoms with Crippen LogP contribution < -0.4 is 10.1 Å². The second-order valence-electron chi connectivity index (χ2n) is 6.76. The molecule has 2 aliphatic rings. The summed E-state index contributed by atoms with van der Waals surface area (Å²) < 4.78 is 5.78. The van der Waals surface area contributed by atoms with Gasteiger partial charge in [-0.15, -0.1) is 0 Å². The van der Waals surface area contributed by atoms with E-state index in [0.717, 1.165) is 50.1 Å². The molecule has 1 amide bonds. The smallest absolute Gasteiger partial charge is 0.223 e. The quantitative estimate of drug-likeness (QED) is 0.888. The number of hydrogen-bond acceptors (Lipinski definition) is 4. The number of amides is 1. The minimum absolute atomic E-state index is 0.0307. The van der Waals surface area contributed by atoms with Crippen molar-refractivity contribution in [1.82, 2.24) is 10.2 Å². The third-order valence-electron chi connectivity index (χ3n) is 5.08. The van der Waals surface area contributed by atoms with Gasteiger partial charge in [0.25, 0.3) is 0 Å². The molecule has 0 bridgehead atoms. The summed E-state index contributed by atoms with van der Waals surface area (Å²) in [5.74, 6) is 2.37. The zero-order chi connectivity index (χ0) is 16.8. The molecule has 0 saturated carbocycles. The Hall–Kier alpha value is -1.20. The number of para-hydroxylation sites is 1. The van der Waals surface area contributed by atoms with E-state index in [9.17, 15) is 4.79 Å². The molecule has 0 unspecified atom stereocenters. The van der Waals surface area contributed by atoms with Crippen molar-refractivity contribution in [2.75, 3.05) is 38.2 Å². The van der Waals surface area contributed by atoms with Crippen LogP contribution in [0, 0.1) is 5.92 Å². The maximum atomic E-state index is 12.7. The molecule has 1 aromatic rings. The fourth-order valence-corrected chi connectivity index (χ4v) is 4.00. The molecule has 0 aromatic heterocycles. The fourth-order valence-electron chi connectivity index (χ4n) is 3.56. The van der Waals surface area contributed by atoms with E-state index in [1.54, 1.807) is 0 Å². The fraction of sp³-hybridized carbons (Fsp3) is 0.632. The van der Waals surface area contributed by atoms with Crippen LogP contribution >= 0.6 is 11.8 Å². The van der Waals surface area contributed by atoms with Gasteiger partial charge in [0.15, 0.2) is 0 Å². The molecule has 1 aromatic carbocycles. The van der Waals surface area contributed by atoms with Gasteiger partial charge in [0.1, 0.15) is 5.75 Å². The van der Waals surface area contributed by atoms with Crippen LogP contribution in [0.25, 0.3) is 0 Å². The van der Waals surface area contributed by atoms with Gasteiger partial charge in [-0.3, -0.25) is 4.79 Å². The van der Waals surface area contributed by atoms with Gasteiger partial charge in [-0.2, -0.15) is 11.8 Å². The van der Waals surface area contributed by atoms with Crippen molar-refractivity contribution in [1.29, 1.82) is 0 Å². The van der Waals surface area contributed by atoms with Gasteiger partial charge in [-0.25, -0.2) is 0 Å². The number of likely N-dealkylation sites (tertiary alicyclic amines) is 1. The summed E-state index contributed by atoms with van der Waals surface area (Å²) in [6.45, 7) is 3.99. The van der Waals surface area contributed by atoms with Crippen LogP contribution in [-0.2, 0) is 11.2 Å². The molecule has 5 heteroatoms. The Labute approximate surface area is 149 Å². The molecule has 0 spiro atoms. The molecule has 0 radical (unpaired) electrons. The molecule has 1 saturated heterocycles. The molecule has 1 atom stereocenters. The van der Waals surface area contributed by atoms with Gasteiger partial charge in [-0.1, -0.05) is 18.2 Å². The summed E-state index contributed by atoms with van der Waals surface area (Å²) in [6, 6.07) is 8.42. The van der Waals surface area contributed by atoms with Crippen LogP contribution in [0.15, 0.2) is 24.3 Å². The SMILES string of the molecule is CSCCN1CCC(NC(=O)[C@H]2CCOc3ccccc3C2)CC1. The molecule has 1 N–H and O–H groups in total. The van der Waals surface area contributed by atoms with Crippen molar-refractivity contribution in [2.24, 2.45) is 5.92 Å². The Morgan fingerprint density at radius 1 is 1.29 bits per heavy atom. The van der Waals surface area contributed by atoms with Crippen molar-refractivity contribution >= 4 is 17.7 Å². The molecular formula is C19H28N2O2S. The molecule has 2 aliphatic heterocycles. The lowest BCUT2D eigenvalue weighted by molar-refractivity contribution is -0.126. The highest BCUT2D eigenvalue weighted by atomic mass is 32.2. The first-order valence-electron chi connectivity index (χ1n) is 8.98. The maximum Gasteiger partial charge on any atom is 0.223 e. The first-order chi connectivity index (χ1) is 11.8. The van der Waals surface area contributed by atoms with Crippen LogP contribution in [0.5, 0.6) is 5.75 Å². The molecule has 4 nitrogen and oxygen atoms in total. The van der Waals surface area contributed by atoms with Crippen LogP contribution in [0.1, 0.15) is 24.8 Å². The van der Waals surface area contributed by atoms with Crippen LogP contribution in [0.2, 0.25) is 0 Å². The number of ether oxygens (including phenoxy) is 1. The Morgan fingerprint density at radius 2 is 2.08 bits per heavy atom. The summed E-state index contributed by atoms with van der Waals surface area (Å²) in [6.07, 6.45) is 5.88. The number of carbonyl (C=O) groups excluding carboxylic acids is 1. The molecule has 1 fully saturated rings. The Bertz CT molecular complexity index is 544. The highest BCUT2D eigenvalue weighted by molar-refractivity contribution is 7.98. The summed E-state index contributed by atoms with van der Waals surface area (Å²) >= 11 is 1.90. The largest absolute Gasteiger partial charge is 0.493 e. The highest BCUT2D eigenvalue weighted by Crippen LogP contribution is 2.27.